The minimum atomic E-state index is -0.00291. The van der Waals surface area contributed by atoms with Gasteiger partial charge in [0, 0.05) is 49.9 Å². The molecule has 1 aliphatic carbocycles. The first-order valence-electron chi connectivity index (χ1n) is 11.3. The van der Waals surface area contributed by atoms with Gasteiger partial charge in [0.2, 0.25) is 11.8 Å². The SMILES string of the molecule is CC(=O)N1C[C@H]2C[C@H](C(=O)Nc3cc(-c4cnn5c4CC(C)(C)C5)c(C)cn3)C[C@H]2C1. The van der Waals surface area contributed by atoms with Crippen LogP contribution in [0.2, 0.25) is 0 Å². The molecule has 0 radical (unpaired) electrons. The van der Waals surface area contributed by atoms with Crippen LogP contribution >= 0.6 is 0 Å². The second kappa shape index (κ2) is 7.18. The number of carbonyl (C=O) groups is 2. The van der Waals surface area contributed by atoms with Crippen molar-refractivity contribution < 1.29 is 9.59 Å². The number of likely N-dealkylation sites (tertiary alicyclic amines) is 1. The molecule has 5 rings (SSSR count). The van der Waals surface area contributed by atoms with E-state index in [0.29, 0.717) is 17.7 Å². The summed E-state index contributed by atoms with van der Waals surface area (Å²) in [6.45, 7) is 10.7. The molecule has 7 nitrogen and oxygen atoms in total. The fourth-order valence-electron chi connectivity index (χ4n) is 5.75. The van der Waals surface area contributed by atoms with Gasteiger partial charge in [0.05, 0.1) is 6.20 Å². The molecule has 0 spiro atoms. The van der Waals surface area contributed by atoms with Crippen LogP contribution in [0.25, 0.3) is 11.1 Å². The fourth-order valence-corrected chi connectivity index (χ4v) is 5.75. The van der Waals surface area contributed by atoms with Crippen molar-refractivity contribution in [2.24, 2.45) is 23.2 Å². The van der Waals surface area contributed by atoms with E-state index >= 15 is 0 Å². The van der Waals surface area contributed by atoms with E-state index in [4.69, 9.17) is 0 Å². The third-order valence-electron chi connectivity index (χ3n) is 7.38. The van der Waals surface area contributed by atoms with Crippen molar-refractivity contribution in [3.8, 4) is 11.1 Å². The average Bonchev–Trinajstić information content (AvgIpc) is 3.41. The van der Waals surface area contributed by atoms with Crippen LogP contribution in [0, 0.1) is 30.1 Å². The summed E-state index contributed by atoms with van der Waals surface area (Å²) in [6.07, 6.45) is 6.48. The first-order chi connectivity index (χ1) is 14.7. The molecule has 2 aromatic heterocycles. The first-order valence-corrected chi connectivity index (χ1v) is 11.3. The Hall–Kier alpha value is -2.70. The Bertz CT molecular complexity index is 1040. The Morgan fingerprint density at radius 3 is 2.52 bits per heavy atom. The highest BCUT2D eigenvalue weighted by molar-refractivity contribution is 5.92. The molecular weight excluding hydrogens is 390 g/mol. The van der Waals surface area contributed by atoms with Gasteiger partial charge in [-0.25, -0.2) is 4.98 Å². The smallest absolute Gasteiger partial charge is 0.228 e. The van der Waals surface area contributed by atoms with Gasteiger partial charge in [-0.2, -0.15) is 5.10 Å². The monoisotopic (exact) mass is 421 g/mol. The summed E-state index contributed by atoms with van der Waals surface area (Å²) in [6, 6.07) is 1.99. The standard InChI is InChI=1S/C24H31N5O2/c1-14-9-25-22(7-19(14)20-10-26-29-13-24(3,4)8-21(20)29)27-23(31)16-5-17-11-28(15(2)30)12-18(17)6-16/h7,9-10,16-18H,5-6,8,11-13H2,1-4H3,(H,25,27,31)/t16-,17+,18-. The fraction of sp³-hybridized carbons (Fsp3) is 0.583. The number of hydrogen-bond donors (Lipinski definition) is 1. The third kappa shape index (κ3) is 3.64. The molecule has 3 aliphatic rings. The summed E-state index contributed by atoms with van der Waals surface area (Å²) in [4.78, 5) is 31.0. The predicted octanol–water partition coefficient (Wildman–Crippen LogP) is 3.28. The minimum absolute atomic E-state index is 0.00291. The molecule has 1 saturated heterocycles. The molecule has 2 aromatic rings. The van der Waals surface area contributed by atoms with Crippen molar-refractivity contribution in [1.82, 2.24) is 19.7 Å². The molecule has 164 valence electrons. The molecular formula is C24H31N5O2. The van der Waals surface area contributed by atoms with Gasteiger partial charge < -0.3 is 10.2 Å². The molecule has 3 atom stereocenters. The van der Waals surface area contributed by atoms with E-state index in [-0.39, 0.29) is 23.1 Å². The lowest BCUT2D eigenvalue weighted by Gasteiger charge is -2.17. The Morgan fingerprint density at radius 1 is 1.13 bits per heavy atom. The first kappa shape index (κ1) is 20.2. The van der Waals surface area contributed by atoms with Gasteiger partial charge in [-0.15, -0.1) is 0 Å². The van der Waals surface area contributed by atoms with E-state index < -0.39 is 0 Å². The lowest BCUT2D eigenvalue weighted by Crippen LogP contribution is -2.29. The lowest BCUT2D eigenvalue weighted by atomic mass is 9.89. The summed E-state index contributed by atoms with van der Waals surface area (Å²) in [7, 11) is 0. The highest BCUT2D eigenvalue weighted by atomic mass is 16.2. The van der Waals surface area contributed by atoms with Gasteiger partial charge in [-0.1, -0.05) is 13.8 Å². The van der Waals surface area contributed by atoms with Crippen LogP contribution in [0.15, 0.2) is 18.5 Å². The molecule has 1 N–H and O–H groups in total. The van der Waals surface area contributed by atoms with Gasteiger partial charge in [-0.3, -0.25) is 14.3 Å². The van der Waals surface area contributed by atoms with Crippen molar-refractivity contribution in [1.29, 1.82) is 0 Å². The van der Waals surface area contributed by atoms with Crippen LogP contribution in [0.4, 0.5) is 5.82 Å². The number of nitrogens with one attached hydrogen (secondary N) is 1. The van der Waals surface area contributed by atoms with Crippen LogP contribution in [-0.2, 0) is 22.6 Å². The molecule has 0 aromatic carbocycles. The number of carbonyl (C=O) groups excluding carboxylic acids is 2. The van der Waals surface area contributed by atoms with E-state index in [1.165, 1.54) is 5.69 Å². The van der Waals surface area contributed by atoms with E-state index in [2.05, 4.69) is 40.9 Å². The zero-order chi connectivity index (χ0) is 21.9. The van der Waals surface area contributed by atoms with Crippen molar-refractivity contribution in [2.75, 3.05) is 18.4 Å². The number of pyridine rings is 1. The highest BCUT2D eigenvalue weighted by Gasteiger charge is 2.44. The number of fused-ring (bicyclic) bond motifs is 2. The molecule has 1 saturated carbocycles. The molecule has 2 fully saturated rings. The number of aryl methyl sites for hydroxylation is 1. The Labute approximate surface area is 183 Å². The zero-order valence-electron chi connectivity index (χ0n) is 18.8. The van der Waals surface area contributed by atoms with E-state index in [1.54, 1.807) is 6.92 Å². The quantitative estimate of drug-likeness (QED) is 0.825. The number of anilines is 1. The van der Waals surface area contributed by atoms with Crippen molar-refractivity contribution >= 4 is 17.6 Å². The Morgan fingerprint density at radius 2 is 1.84 bits per heavy atom. The highest BCUT2D eigenvalue weighted by Crippen LogP contribution is 2.42. The maximum atomic E-state index is 13.0. The molecule has 2 amide bonds. The maximum absolute atomic E-state index is 13.0. The summed E-state index contributed by atoms with van der Waals surface area (Å²) in [5.74, 6) is 1.68. The van der Waals surface area contributed by atoms with Crippen LogP contribution in [0.1, 0.15) is 44.9 Å². The van der Waals surface area contributed by atoms with Crippen molar-refractivity contribution in [3.05, 3.63) is 29.7 Å². The second-order valence-electron chi connectivity index (χ2n) is 10.5. The molecule has 7 heteroatoms. The Kier molecular flexibility index (Phi) is 4.68. The average molecular weight is 422 g/mol. The molecule has 2 aliphatic heterocycles. The molecule has 0 bridgehead atoms. The van der Waals surface area contributed by atoms with Gasteiger partial charge in [0.25, 0.3) is 0 Å². The Balaban J connectivity index is 1.30. The number of amides is 2. The van der Waals surface area contributed by atoms with Crippen molar-refractivity contribution in [3.63, 3.8) is 0 Å². The second-order valence-corrected chi connectivity index (χ2v) is 10.5. The molecule has 4 heterocycles. The molecule has 31 heavy (non-hydrogen) atoms. The zero-order valence-corrected chi connectivity index (χ0v) is 18.8. The topological polar surface area (TPSA) is 80.1 Å². The molecule has 0 unspecified atom stereocenters. The van der Waals surface area contributed by atoms with Crippen LogP contribution in [0.3, 0.4) is 0 Å². The van der Waals surface area contributed by atoms with Gasteiger partial charge >= 0.3 is 0 Å². The maximum Gasteiger partial charge on any atom is 0.228 e. The summed E-state index contributed by atoms with van der Waals surface area (Å²) < 4.78 is 2.11. The lowest BCUT2D eigenvalue weighted by molar-refractivity contribution is -0.128. The largest absolute Gasteiger partial charge is 0.342 e. The van der Waals surface area contributed by atoms with Crippen LogP contribution in [0.5, 0.6) is 0 Å². The normalized spacial score (nSPS) is 26.1. The number of nitrogens with zero attached hydrogens (tertiary/aromatic N) is 4. The number of rotatable bonds is 3. The van der Waals surface area contributed by atoms with E-state index in [1.807, 2.05) is 23.4 Å². The van der Waals surface area contributed by atoms with Gasteiger partial charge in [-0.05, 0) is 60.6 Å². The van der Waals surface area contributed by atoms with Crippen LogP contribution < -0.4 is 5.32 Å². The van der Waals surface area contributed by atoms with Crippen LogP contribution in [-0.4, -0.2) is 44.6 Å². The number of hydrogen-bond acceptors (Lipinski definition) is 4. The third-order valence-corrected chi connectivity index (χ3v) is 7.38. The summed E-state index contributed by atoms with van der Waals surface area (Å²) in [5.41, 5.74) is 4.79. The predicted molar refractivity (Wildman–Crippen MR) is 118 cm³/mol. The minimum Gasteiger partial charge on any atom is -0.342 e. The summed E-state index contributed by atoms with van der Waals surface area (Å²) in [5, 5.41) is 7.66. The van der Waals surface area contributed by atoms with E-state index in [9.17, 15) is 9.59 Å². The van der Waals surface area contributed by atoms with Gasteiger partial charge in [0.15, 0.2) is 0 Å². The number of aromatic nitrogens is 3. The van der Waals surface area contributed by atoms with E-state index in [0.717, 1.165) is 55.6 Å². The van der Waals surface area contributed by atoms with Crippen molar-refractivity contribution in [2.45, 2.75) is 53.5 Å². The summed E-state index contributed by atoms with van der Waals surface area (Å²) >= 11 is 0. The van der Waals surface area contributed by atoms with Gasteiger partial charge in [0.1, 0.15) is 5.82 Å².